The number of hydrogen-bond acceptors (Lipinski definition) is 7. The van der Waals surface area contributed by atoms with Crippen molar-refractivity contribution in [1.29, 1.82) is 0 Å². The molecule has 0 spiro atoms. The van der Waals surface area contributed by atoms with Crippen molar-refractivity contribution in [2.75, 3.05) is 7.11 Å². The van der Waals surface area contributed by atoms with Crippen LogP contribution < -0.4 is 5.56 Å². The van der Waals surface area contributed by atoms with Gasteiger partial charge in [-0.15, -0.1) is 0 Å². The molecule has 0 aliphatic carbocycles. The molecule has 10 nitrogen and oxygen atoms in total. The van der Waals surface area contributed by atoms with Gasteiger partial charge < -0.3 is 14.6 Å². The van der Waals surface area contributed by atoms with Gasteiger partial charge in [-0.05, 0) is 13.3 Å². The van der Waals surface area contributed by atoms with Crippen LogP contribution in [-0.2, 0) is 18.3 Å². The van der Waals surface area contributed by atoms with Crippen LogP contribution in [0.2, 0.25) is 0 Å². The third kappa shape index (κ3) is 3.15. The zero-order valence-corrected chi connectivity index (χ0v) is 14.4. The molecule has 3 heterocycles. The number of rotatable bonds is 5. The summed E-state index contributed by atoms with van der Waals surface area (Å²) < 4.78 is 28.9. The van der Waals surface area contributed by atoms with Crippen molar-refractivity contribution in [3.63, 3.8) is 0 Å². The summed E-state index contributed by atoms with van der Waals surface area (Å²) in [6.07, 6.45) is 0.870. The van der Waals surface area contributed by atoms with Gasteiger partial charge in [0.15, 0.2) is 11.2 Å². The first-order valence-electron chi connectivity index (χ1n) is 7.50. The van der Waals surface area contributed by atoms with Crippen molar-refractivity contribution in [2.45, 2.75) is 45.1 Å². The lowest BCUT2D eigenvalue weighted by atomic mass is 10.1. The van der Waals surface area contributed by atoms with E-state index in [9.17, 15) is 14.3 Å². The average molecular weight is 358 g/mol. The second-order valence-corrected chi connectivity index (χ2v) is 7.06. The zero-order valence-electron chi connectivity index (χ0n) is 13.5. The minimum atomic E-state index is -4.12. The minimum Gasteiger partial charge on any atom is -0.352 e. The molecule has 0 bridgehead atoms. The normalized spacial score (nSPS) is 26.8. The second-order valence-electron chi connectivity index (χ2n) is 5.54. The Morgan fingerprint density at radius 2 is 2.33 bits per heavy atom. The number of phosphoric acid groups is 1. The molecule has 3 rings (SSSR count). The van der Waals surface area contributed by atoms with E-state index < -0.39 is 20.2 Å². The number of aromatic nitrogens is 4. The number of aromatic amines is 1. The van der Waals surface area contributed by atoms with Crippen molar-refractivity contribution in [2.24, 2.45) is 0 Å². The van der Waals surface area contributed by atoms with Crippen molar-refractivity contribution in [3.8, 4) is 0 Å². The standard InChI is InChI=1S/C13H19N4O6P/c1-4-8-9(23-24(19,20)21-3)5-10(22-8)17-6-14-11-12(17)15-7(2)16-13(11)18/h6,8-10H,4-5H2,1-3H3,(H,19,20)(H,15,16,18). The molecule has 0 aromatic carbocycles. The van der Waals surface area contributed by atoms with E-state index in [0.29, 0.717) is 24.3 Å². The van der Waals surface area contributed by atoms with Crippen molar-refractivity contribution < 1.29 is 23.2 Å². The predicted octanol–water partition coefficient (Wildman–Crippen LogP) is 1.26. The number of ether oxygens (including phenoxy) is 1. The van der Waals surface area contributed by atoms with E-state index in [1.54, 1.807) is 11.5 Å². The highest BCUT2D eigenvalue weighted by atomic mass is 31.2. The van der Waals surface area contributed by atoms with Gasteiger partial charge in [-0.25, -0.2) is 14.5 Å². The Balaban J connectivity index is 1.91. The maximum atomic E-state index is 11.9. The zero-order chi connectivity index (χ0) is 17.5. The van der Waals surface area contributed by atoms with Crippen LogP contribution >= 0.6 is 7.82 Å². The number of phosphoric ester groups is 1. The molecule has 11 heteroatoms. The summed E-state index contributed by atoms with van der Waals surface area (Å²) >= 11 is 0. The van der Waals surface area contributed by atoms with Crippen molar-refractivity contribution >= 4 is 19.0 Å². The smallest absolute Gasteiger partial charge is 0.352 e. The Labute approximate surface area is 137 Å². The van der Waals surface area contributed by atoms with E-state index in [1.807, 2.05) is 6.92 Å². The van der Waals surface area contributed by atoms with Crippen LogP contribution in [0.5, 0.6) is 0 Å². The Hall–Kier alpha value is -1.58. The molecule has 1 fully saturated rings. The maximum absolute atomic E-state index is 11.9. The lowest BCUT2D eigenvalue weighted by molar-refractivity contribution is -0.0189. The summed E-state index contributed by atoms with van der Waals surface area (Å²) in [5, 5.41) is 0. The van der Waals surface area contributed by atoms with E-state index in [1.165, 1.54) is 6.33 Å². The van der Waals surface area contributed by atoms with E-state index in [2.05, 4.69) is 19.5 Å². The molecule has 2 N–H and O–H groups in total. The van der Waals surface area contributed by atoms with Gasteiger partial charge in [-0.3, -0.25) is 18.4 Å². The summed E-state index contributed by atoms with van der Waals surface area (Å²) in [4.78, 5) is 32.4. The molecule has 0 saturated carbocycles. The van der Waals surface area contributed by atoms with Crippen LogP contribution in [0.25, 0.3) is 11.2 Å². The summed E-state index contributed by atoms with van der Waals surface area (Å²) in [6.45, 7) is 3.56. The average Bonchev–Trinajstić information content (AvgIpc) is 3.10. The molecule has 2 aromatic heterocycles. The van der Waals surface area contributed by atoms with Gasteiger partial charge in [0.25, 0.3) is 5.56 Å². The second kappa shape index (κ2) is 6.38. The monoisotopic (exact) mass is 358 g/mol. The van der Waals surface area contributed by atoms with Crippen molar-refractivity contribution in [3.05, 3.63) is 22.5 Å². The van der Waals surface area contributed by atoms with E-state index in [-0.39, 0.29) is 17.2 Å². The van der Waals surface area contributed by atoms with Gasteiger partial charge in [0.2, 0.25) is 0 Å². The number of H-pyrrole nitrogens is 1. The highest BCUT2D eigenvalue weighted by Crippen LogP contribution is 2.48. The maximum Gasteiger partial charge on any atom is 0.472 e. The molecule has 1 aliphatic heterocycles. The molecule has 0 amide bonds. The quantitative estimate of drug-likeness (QED) is 0.764. The SMILES string of the molecule is CCC1OC(n2cnc3c(=O)[nH]c(C)nc32)CC1OP(=O)(O)OC. The molecule has 1 saturated heterocycles. The highest BCUT2D eigenvalue weighted by molar-refractivity contribution is 7.47. The van der Waals surface area contributed by atoms with Crippen molar-refractivity contribution in [1.82, 2.24) is 19.5 Å². The lowest BCUT2D eigenvalue weighted by Gasteiger charge is -2.18. The van der Waals surface area contributed by atoms with Crippen LogP contribution in [0.15, 0.2) is 11.1 Å². The number of nitrogens with zero attached hydrogens (tertiary/aromatic N) is 3. The van der Waals surface area contributed by atoms with Crippen LogP contribution in [0.1, 0.15) is 31.8 Å². The third-order valence-corrected chi connectivity index (χ3v) is 4.94. The Kier molecular flexibility index (Phi) is 4.58. The van der Waals surface area contributed by atoms with Crippen LogP contribution in [0, 0.1) is 6.92 Å². The Morgan fingerprint density at radius 3 is 3.00 bits per heavy atom. The number of aryl methyl sites for hydroxylation is 1. The number of imidazole rings is 1. The Bertz CT molecular complexity index is 849. The fourth-order valence-electron chi connectivity index (χ4n) is 2.81. The van der Waals surface area contributed by atoms with Gasteiger partial charge >= 0.3 is 7.82 Å². The van der Waals surface area contributed by atoms with Gasteiger partial charge in [-0.1, -0.05) is 6.92 Å². The minimum absolute atomic E-state index is 0.214. The summed E-state index contributed by atoms with van der Waals surface area (Å²) in [6, 6.07) is 0. The van der Waals surface area contributed by atoms with Gasteiger partial charge in [-0.2, -0.15) is 0 Å². The third-order valence-electron chi connectivity index (χ3n) is 3.94. The topological polar surface area (TPSA) is 129 Å². The molecular weight excluding hydrogens is 339 g/mol. The molecule has 1 aliphatic rings. The van der Waals surface area contributed by atoms with Crippen LogP contribution in [0.4, 0.5) is 0 Å². The van der Waals surface area contributed by atoms with Crippen LogP contribution in [-0.4, -0.2) is 43.7 Å². The first-order valence-corrected chi connectivity index (χ1v) is 9.00. The van der Waals surface area contributed by atoms with E-state index in [0.717, 1.165) is 7.11 Å². The fourth-order valence-corrected chi connectivity index (χ4v) is 3.46. The number of nitrogens with one attached hydrogen (secondary N) is 1. The molecule has 4 unspecified atom stereocenters. The number of fused-ring (bicyclic) bond motifs is 1. The van der Waals surface area contributed by atoms with Gasteiger partial charge in [0.1, 0.15) is 12.1 Å². The molecule has 2 aromatic rings. The van der Waals surface area contributed by atoms with Gasteiger partial charge in [0.05, 0.1) is 18.5 Å². The van der Waals surface area contributed by atoms with Crippen LogP contribution in [0.3, 0.4) is 0 Å². The van der Waals surface area contributed by atoms with E-state index >= 15 is 0 Å². The molecule has 132 valence electrons. The Morgan fingerprint density at radius 1 is 1.58 bits per heavy atom. The first-order chi connectivity index (χ1) is 11.3. The molecule has 4 atom stereocenters. The molecule has 0 radical (unpaired) electrons. The molecule has 24 heavy (non-hydrogen) atoms. The first kappa shape index (κ1) is 17.2. The lowest BCUT2D eigenvalue weighted by Crippen LogP contribution is -2.22. The van der Waals surface area contributed by atoms with Gasteiger partial charge in [0, 0.05) is 13.5 Å². The summed E-state index contributed by atoms with van der Waals surface area (Å²) in [5.74, 6) is 0.464. The predicted molar refractivity (Wildman–Crippen MR) is 83.4 cm³/mol. The molecular formula is C13H19N4O6P. The fraction of sp³-hybridized carbons (Fsp3) is 0.615. The summed E-state index contributed by atoms with van der Waals surface area (Å²) in [5.41, 5.74) is 0.287. The largest absolute Gasteiger partial charge is 0.472 e. The highest BCUT2D eigenvalue weighted by Gasteiger charge is 2.40. The van der Waals surface area contributed by atoms with E-state index in [4.69, 9.17) is 9.26 Å². The number of hydrogen-bond donors (Lipinski definition) is 2. The summed E-state index contributed by atoms with van der Waals surface area (Å²) in [7, 11) is -3.01.